The van der Waals surface area contributed by atoms with Crippen LogP contribution in [0.15, 0.2) is 12.1 Å². The van der Waals surface area contributed by atoms with Gasteiger partial charge in [-0.3, -0.25) is 0 Å². The predicted octanol–water partition coefficient (Wildman–Crippen LogP) is 2.98. The van der Waals surface area contributed by atoms with E-state index in [0.29, 0.717) is 5.69 Å². The third kappa shape index (κ3) is 4.69. The Morgan fingerprint density at radius 2 is 1.82 bits per heavy atom. The van der Waals surface area contributed by atoms with Crippen molar-refractivity contribution in [2.45, 2.75) is 13.0 Å². The lowest BCUT2D eigenvalue weighted by Gasteiger charge is -2.15. The second-order valence-electron chi connectivity index (χ2n) is 3.89. The summed E-state index contributed by atoms with van der Waals surface area (Å²) in [5, 5.41) is 2.68. The van der Waals surface area contributed by atoms with Crippen molar-refractivity contribution in [2.24, 2.45) is 0 Å². The van der Waals surface area contributed by atoms with Crippen LogP contribution in [0.5, 0.6) is 0 Å². The van der Waals surface area contributed by atoms with E-state index in [-0.39, 0.29) is 21.8 Å². The topological polar surface area (TPSA) is 46.2 Å². The van der Waals surface area contributed by atoms with E-state index in [1.165, 1.54) is 12.1 Å². The average molecular weight is 300 g/mol. The molecular weight excluding hydrogens is 288 g/mol. The minimum atomic E-state index is -3.07. The molecule has 0 aliphatic rings. The largest absolute Gasteiger partial charge is 0.381 e. The van der Waals surface area contributed by atoms with Gasteiger partial charge in [-0.2, -0.15) is 0 Å². The maximum absolute atomic E-state index is 13.1. The molecule has 0 radical (unpaired) electrons. The molecule has 17 heavy (non-hydrogen) atoms. The standard InChI is InChI=1S/C10H12Cl2FNO2S/c1-6(5-17(2,15)16)14-7-3-8(11)10(13)9(12)4-7/h3-4,6,14H,5H2,1-2H3. The van der Waals surface area contributed by atoms with Crippen molar-refractivity contribution < 1.29 is 12.8 Å². The Balaban J connectivity index is 2.82. The zero-order valence-corrected chi connectivity index (χ0v) is 11.6. The van der Waals surface area contributed by atoms with E-state index < -0.39 is 15.7 Å². The highest BCUT2D eigenvalue weighted by Crippen LogP contribution is 2.27. The molecule has 1 aromatic rings. The van der Waals surface area contributed by atoms with E-state index in [2.05, 4.69) is 5.32 Å². The summed E-state index contributed by atoms with van der Waals surface area (Å²) in [7, 11) is -3.07. The molecule has 0 bridgehead atoms. The summed E-state index contributed by atoms with van der Waals surface area (Å²) in [5.74, 6) is -0.714. The number of sulfone groups is 1. The maximum Gasteiger partial charge on any atom is 0.160 e. The number of halogens is 3. The Bertz CT molecular complexity index is 496. The first-order valence-corrected chi connectivity index (χ1v) is 7.59. The molecule has 1 aromatic carbocycles. The fourth-order valence-corrected chi connectivity index (χ4v) is 2.90. The summed E-state index contributed by atoms with van der Waals surface area (Å²) >= 11 is 11.2. The van der Waals surface area contributed by atoms with Crippen LogP contribution in [0.3, 0.4) is 0 Å². The van der Waals surface area contributed by atoms with Gasteiger partial charge in [0.2, 0.25) is 0 Å². The lowest BCUT2D eigenvalue weighted by Crippen LogP contribution is -2.25. The van der Waals surface area contributed by atoms with Crippen molar-refractivity contribution in [3.8, 4) is 0 Å². The van der Waals surface area contributed by atoms with Crippen molar-refractivity contribution in [1.82, 2.24) is 0 Å². The molecule has 0 fully saturated rings. The molecule has 0 spiro atoms. The van der Waals surface area contributed by atoms with Crippen LogP contribution in [0, 0.1) is 5.82 Å². The molecule has 0 saturated heterocycles. The molecule has 1 N–H and O–H groups in total. The van der Waals surface area contributed by atoms with Gasteiger partial charge in [0.25, 0.3) is 0 Å². The van der Waals surface area contributed by atoms with Crippen LogP contribution in [0.25, 0.3) is 0 Å². The van der Waals surface area contributed by atoms with Gasteiger partial charge in [-0.1, -0.05) is 23.2 Å². The van der Waals surface area contributed by atoms with Crippen molar-refractivity contribution >= 4 is 38.7 Å². The van der Waals surface area contributed by atoms with Gasteiger partial charge >= 0.3 is 0 Å². The van der Waals surface area contributed by atoms with Gasteiger partial charge in [-0.05, 0) is 19.1 Å². The minimum Gasteiger partial charge on any atom is -0.381 e. The molecule has 1 unspecified atom stereocenters. The molecule has 0 saturated carbocycles. The van der Waals surface area contributed by atoms with E-state index in [9.17, 15) is 12.8 Å². The van der Waals surface area contributed by atoms with Crippen molar-refractivity contribution in [1.29, 1.82) is 0 Å². The van der Waals surface area contributed by atoms with Gasteiger partial charge < -0.3 is 5.32 Å². The highest BCUT2D eigenvalue weighted by atomic mass is 35.5. The molecule has 0 aliphatic carbocycles. The number of benzene rings is 1. The number of hydrogen-bond acceptors (Lipinski definition) is 3. The number of hydrogen-bond donors (Lipinski definition) is 1. The fourth-order valence-electron chi connectivity index (χ4n) is 1.42. The van der Waals surface area contributed by atoms with Crippen LogP contribution >= 0.6 is 23.2 Å². The average Bonchev–Trinajstić information content (AvgIpc) is 2.10. The van der Waals surface area contributed by atoms with Crippen LogP contribution in [0.4, 0.5) is 10.1 Å². The Morgan fingerprint density at radius 1 is 1.35 bits per heavy atom. The fraction of sp³-hybridized carbons (Fsp3) is 0.400. The molecule has 7 heteroatoms. The number of rotatable bonds is 4. The highest BCUT2D eigenvalue weighted by molar-refractivity contribution is 7.90. The third-order valence-electron chi connectivity index (χ3n) is 1.95. The minimum absolute atomic E-state index is 0.0282. The Labute approximate surface area is 110 Å². The lowest BCUT2D eigenvalue weighted by molar-refractivity contribution is 0.598. The van der Waals surface area contributed by atoms with E-state index in [0.717, 1.165) is 6.26 Å². The molecule has 0 aliphatic heterocycles. The summed E-state index contributed by atoms with van der Waals surface area (Å²) in [6, 6.07) is 2.41. The van der Waals surface area contributed by atoms with Gasteiger partial charge in [0.15, 0.2) is 5.82 Å². The first kappa shape index (κ1) is 14.5. The second-order valence-corrected chi connectivity index (χ2v) is 6.89. The molecule has 96 valence electrons. The maximum atomic E-state index is 13.1. The predicted molar refractivity (Wildman–Crippen MR) is 69.2 cm³/mol. The Hall–Kier alpha value is -0.520. The van der Waals surface area contributed by atoms with Gasteiger partial charge in [-0.25, -0.2) is 12.8 Å². The zero-order valence-electron chi connectivity index (χ0n) is 9.30. The van der Waals surface area contributed by atoms with Crippen molar-refractivity contribution in [3.63, 3.8) is 0 Å². The summed E-state index contributed by atoms with van der Waals surface area (Å²) in [6.07, 6.45) is 1.15. The third-order valence-corrected chi connectivity index (χ3v) is 3.61. The quantitative estimate of drug-likeness (QED) is 0.870. The van der Waals surface area contributed by atoms with Crippen LogP contribution in [-0.4, -0.2) is 26.5 Å². The number of nitrogens with one attached hydrogen (secondary N) is 1. The van der Waals surface area contributed by atoms with Gasteiger partial charge in [-0.15, -0.1) is 0 Å². The van der Waals surface area contributed by atoms with Crippen LogP contribution < -0.4 is 5.32 Å². The summed E-state index contributed by atoms with van der Waals surface area (Å²) in [5.41, 5.74) is 0.484. The Morgan fingerprint density at radius 3 is 2.24 bits per heavy atom. The van der Waals surface area contributed by atoms with Crippen LogP contribution in [0.2, 0.25) is 10.0 Å². The summed E-state index contributed by atoms with van der Waals surface area (Å²) in [6.45, 7) is 1.70. The van der Waals surface area contributed by atoms with Gasteiger partial charge in [0, 0.05) is 18.0 Å². The first-order valence-electron chi connectivity index (χ1n) is 4.78. The van der Waals surface area contributed by atoms with E-state index in [1.54, 1.807) is 6.92 Å². The smallest absolute Gasteiger partial charge is 0.160 e. The van der Waals surface area contributed by atoms with Gasteiger partial charge in [0.1, 0.15) is 9.84 Å². The van der Waals surface area contributed by atoms with Crippen LogP contribution in [-0.2, 0) is 9.84 Å². The molecule has 3 nitrogen and oxygen atoms in total. The Kier molecular flexibility index (Phi) is 4.63. The van der Waals surface area contributed by atoms with E-state index in [4.69, 9.17) is 23.2 Å². The second kappa shape index (κ2) is 5.42. The molecular formula is C10H12Cl2FNO2S. The number of anilines is 1. The summed E-state index contributed by atoms with van der Waals surface area (Å²) in [4.78, 5) is 0. The highest BCUT2D eigenvalue weighted by Gasteiger charge is 2.12. The van der Waals surface area contributed by atoms with E-state index >= 15 is 0 Å². The van der Waals surface area contributed by atoms with E-state index in [1.807, 2.05) is 0 Å². The SMILES string of the molecule is CC(CS(C)(=O)=O)Nc1cc(Cl)c(F)c(Cl)c1. The first-order chi connectivity index (χ1) is 7.69. The van der Waals surface area contributed by atoms with Crippen molar-refractivity contribution in [3.05, 3.63) is 28.0 Å². The molecule has 1 atom stereocenters. The monoisotopic (exact) mass is 299 g/mol. The zero-order chi connectivity index (χ0) is 13.2. The van der Waals surface area contributed by atoms with Crippen molar-refractivity contribution in [2.75, 3.05) is 17.3 Å². The lowest BCUT2D eigenvalue weighted by atomic mass is 10.2. The van der Waals surface area contributed by atoms with Gasteiger partial charge in [0.05, 0.1) is 15.8 Å². The summed E-state index contributed by atoms with van der Waals surface area (Å²) < 4.78 is 35.3. The van der Waals surface area contributed by atoms with Crippen LogP contribution in [0.1, 0.15) is 6.92 Å². The molecule has 0 amide bonds. The normalized spacial score (nSPS) is 13.5. The molecule has 1 rings (SSSR count). The molecule has 0 aromatic heterocycles. The molecule has 0 heterocycles.